The lowest BCUT2D eigenvalue weighted by molar-refractivity contribution is -0.146. The van der Waals surface area contributed by atoms with Gasteiger partial charge in [0.1, 0.15) is 28.5 Å². The van der Waals surface area contributed by atoms with Crippen molar-refractivity contribution in [1.29, 1.82) is 0 Å². The summed E-state index contributed by atoms with van der Waals surface area (Å²) < 4.78 is 9.61. The summed E-state index contributed by atoms with van der Waals surface area (Å²) in [6.07, 6.45) is 1.21. The molecule has 4 N–H and O–H groups in total. The molecule has 2 fully saturated rings. The standard InChI is InChI=1S/2C16H20N2O3.C11H12O5/c1-9(2)16(4)15(20)17-13(18-16)12-8-10(3)6-7-11(12)14(19)21-5;1-9(2)16(4)15(20)17-13(18-16)11-7-6-10(3)8-12(11)14(19)21-5;12-7-3-6(11(15)16)4-8(13)9(7)10(14)5-1-2-5/h2*6-9H,1-5H3,(H,17,18,20);5-6,14H,1-4H2,(H,15,16). The van der Waals surface area contributed by atoms with Crippen molar-refractivity contribution in [3.63, 3.8) is 0 Å². The van der Waals surface area contributed by atoms with E-state index in [4.69, 9.17) is 14.6 Å². The number of hydrogen-bond acceptors (Lipinski definition) is 12. The van der Waals surface area contributed by atoms with Crippen molar-refractivity contribution in [3.05, 3.63) is 81.1 Å². The number of carboxylic acid groups (broad SMARTS) is 1. The van der Waals surface area contributed by atoms with Crippen LogP contribution in [0.1, 0.15) is 110 Å². The molecule has 310 valence electrons. The van der Waals surface area contributed by atoms with Crippen LogP contribution >= 0.6 is 0 Å². The van der Waals surface area contributed by atoms with E-state index in [1.165, 1.54) is 14.2 Å². The highest BCUT2D eigenvalue weighted by atomic mass is 16.5. The zero-order chi connectivity index (χ0) is 43.4. The number of aliphatic imine (C=N–C) groups is 2. The number of nitrogens with zero attached hydrogens (tertiary/aromatic N) is 2. The number of aryl methyl sites for hydroxylation is 2. The van der Waals surface area contributed by atoms with Gasteiger partial charge < -0.3 is 30.3 Å². The topological polar surface area (TPSA) is 227 Å². The first kappa shape index (κ1) is 44.7. The molecule has 2 heterocycles. The maximum Gasteiger partial charge on any atom is 0.338 e. The van der Waals surface area contributed by atoms with Gasteiger partial charge in [0.25, 0.3) is 11.8 Å². The largest absolute Gasteiger partial charge is 0.511 e. The Hall–Kier alpha value is -5.99. The monoisotopic (exact) mass is 800 g/mol. The summed E-state index contributed by atoms with van der Waals surface area (Å²) in [6, 6.07) is 10.7. The van der Waals surface area contributed by atoms with Crippen molar-refractivity contribution >= 4 is 53.0 Å². The maximum absolute atomic E-state index is 12.2. The number of methoxy groups -OCH3 is 2. The van der Waals surface area contributed by atoms with Gasteiger partial charge in [-0.05, 0) is 70.6 Å². The molecule has 2 saturated carbocycles. The summed E-state index contributed by atoms with van der Waals surface area (Å²) >= 11 is 0. The predicted octanol–water partition coefficient (Wildman–Crippen LogP) is 4.99. The van der Waals surface area contributed by atoms with E-state index in [9.17, 15) is 38.7 Å². The first-order chi connectivity index (χ1) is 27.1. The number of carbonyl (C=O) groups is 7. The Morgan fingerprint density at radius 1 is 0.690 bits per heavy atom. The van der Waals surface area contributed by atoms with Gasteiger partial charge >= 0.3 is 17.9 Å². The number of amides is 2. The Morgan fingerprint density at radius 2 is 1.14 bits per heavy atom. The summed E-state index contributed by atoms with van der Waals surface area (Å²) in [5.41, 5.74) is 2.13. The lowest BCUT2D eigenvalue weighted by Crippen LogP contribution is -2.41. The lowest BCUT2D eigenvalue weighted by atomic mass is 9.83. The van der Waals surface area contributed by atoms with Gasteiger partial charge in [-0.2, -0.15) is 0 Å². The third-order valence-corrected chi connectivity index (χ3v) is 11.0. The molecule has 4 aliphatic rings. The van der Waals surface area contributed by atoms with Crippen LogP contribution in [0.3, 0.4) is 0 Å². The molecule has 2 atom stereocenters. The molecule has 2 amide bonds. The van der Waals surface area contributed by atoms with Crippen LogP contribution in [0.25, 0.3) is 0 Å². The average molecular weight is 801 g/mol. The number of ketones is 2. The molecule has 15 nitrogen and oxygen atoms in total. The fraction of sp³-hybridized carbons (Fsp3) is 0.465. The van der Waals surface area contributed by atoms with Crippen LogP contribution in [0.4, 0.5) is 0 Å². The minimum absolute atomic E-state index is 0.0568. The Kier molecular flexibility index (Phi) is 13.6. The summed E-state index contributed by atoms with van der Waals surface area (Å²) in [6.45, 7) is 15.2. The van der Waals surface area contributed by atoms with Crippen LogP contribution in [-0.4, -0.2) is 88.5 Å². The highest BCUT2D eigenvalue weighted by Gasteiger charge is 2.44. The molecule has 2 aromatic carbocycles. The van der Waals surface area contributed by atoms with E-state index in [1.54, 1.807) is 32.0 Å². The van der Waals surface area contributed by atoms with Gasteiger partial charge in [0.15, 0.2) is 11.6 Å². The number of nitrogens with one attached hydrogen (secondary N) is 2. The van der Waals surface area contributed by atoms with Crippen molar-refractivity contribution in [2.45, 2.75) is 92.2 Å². The summed E-state index contributed by atoms with van der Waals surface area (Å²) in [4.78, 5) is 91.2. The van der Waals surface area contributed by atoms with Gasteiger partial charge in [-0.3, -0.25) is 34.0 Å². The zero-order valence-electron chi connectivity index (χ0n) is 34.6. The van der Waals surface area contributed by atoms with Gasteiger partial charge in [0.2, 0.25) is 0 Å². The van der Waals surface area contributed by atoms with Crippen LogP contribution < -0.4 is 10.6 Å². The van der Waals surface area contributed by atoms with Gasteiger partial charge in [-0.15, -0.1) is 0 Å². The van der Waals surface area contributed by atoms with Crippen molar-refractivity contribution in [2.24, 2.45) is 33.7 Å². The average Bonchev–Trinajstić information content (AvgIpc) is 3.91. The zero-order valence-corrected chi connectivity index (χ0v) is 34.6. The number of aliphatic hydroxyl groups excluding tert-OH is 1. The lowest BCUT2D eigenvalue weighted by Gasteiger charge is -2.21. The maximum atomic E-state index is 12.2. The van der Waals surface area contributed by atoms with E-state index in [1.807, 2.05) is 59.7 Å². The van der Waals surface area contributed by atoms with Crippen molar-refractivity contribution < 1.29 is 53.2 Å². The first-order valence-electron chi connectivity index (χ1n) is 19.0. The van der Waals surface area contributed by atoms with Crippen LogP contribution in [0, 0.1) is 37.5 Å². The third-order valence-electron chi connectivity index (χ3n) is 11.0. The fourth-order valence-electron chi connectivity index (χ4n) is 6.31. The van der Waals surface area contributed by atoms with E-state index in [2.05, 4.69) is 20.6 Å². The molecule has 2 aliphatic heterocycles. The molecule has 2 aromatic rings. The Morgan fingerprint density at radius 3 is 1.57 bits per heavy atom. The number of carbonyl (C=O) groups excluding carboxylic acids is 6. The molecular formula is C43H52N4O11. The molecule has 58 heavy (non-hydrogen) atoms. The molecule has 15 heteroatoms. The molecular weight excluding hydrogens is 748 g/mol. The normalized spacial score (nSPS) is 22.5. The predicted molar refractivity (Wildman–Crippen MR) is 214 cm³/mol. The van der Waals surface area contributed by atoms with E-state index >= 15 is 0 Å². The molecule has 6 rings (SSSR count). The number of allylic oxidation sites excluding steroid dienone is 2. The van der Waals surface area contributed by atoms with E-state index in [0.29, 0.717) is 33.9 Å². The SMILES string of the molecule is COC(=O)c1cc(C)ccc1C1=NC(C)(C(C)C)C(=O)N1.COC(=O)c1ccc(C)cc1C1=NC(C)(C(C)C)C(=O)N1.O=C1CC(C(=O)O)CC(=O)C1=C(O)C1CC1. The number of aliphatic carboxylic acids is 1. The number of benzene rings is 2. The van der Waals surface area contributed by atoms with Crippen LogP contribution in [-0.2, 0) is 33.4 Å². The summed E-state index contributed by atoms with van der Waals surface area (Å²) in [7, 11) is 2.67. The van der Waals surface area contributed by atoms with E-state index < -0.39 is 46.5 Å². The molecule has 0 aromatic heterocycles. The van der Waals surface area contributed by atoms with E-state index in [0.717, 1.165) is 24.0 Å². The number of Topliss-reactive ketones (excluding diaryl/α,β-unsaturated/α-hetero) is 2. The Labute approximate surface area is 337 Å². The Bertz CT molecular complexity index is 2130. The molecule has 0 spiro atoms. The smallest absolute Gasteiger partial charge is 0.338 e. The number of amidine groups is 2. The highest BCUT2D eigenvalue weighted by molar-refractivity contribution is 6.23. The first-order valence-corrected chi connectivity index (χ1v) is 19.0. The molecule has 0 bridgehead atoms. The highest BCUT2D eigenvalue weighted by Crippen LogP contribution is 2.39. The minimum Gasteiger partial charge on any atom is -0.511 e. The van der Waals surface area contributed by atoms with E-state index in [-0.39, 0.29) is 53.7 Å². The quantitative estimate of drug-likeness (QED) is 0.120. The summed E-state index contributed by atoms with van der Waals surface area (Å²) in [5.74, 6) is -3.54. The number of aliphatic hydroxyl groups is 1. The van der Waals surface area contributed by atoms with Crippen molar-refractivity contribution in [3.8, 4) is 0 Å². The third kappa shape index (κ3) is 9.41. The number of hydrogen-bond donors (Lipinski definition) is 4. The second-order valence-electron chi connectivity index (χ2n) is 15.8. The minimum atomic E-state index is -1.13. The number of esters is 2. The molecule has 0 saturated heterocycles. The van der Waals surface area contributed by atoms with Crippen molar-refractivity contribution in [2.75, 3.05) is 14.2 Å². The number of rotatable bonds is 8. The molecule has 0 radical (unpaired) electrons. The van der Waals surface area contributed by atoms with Crippen LogP contribution in [0.15, 0.2) is 57.7 Å². The summed E-state index contributed by atoms with van der Waals surface area (Å²) in [5, 5.41) is 24.0. The number of carboxylic acids is 1. The molecule has 2 unspecified atom stereocenters. The second-order valence-corrected chi connectivity index (χ2v) is 15.8. The fourth-order valence-corrected chi connectivity index (χ4v) is 6.31. The van der Waals surface area contributed by atoms with Crippen molar-refractivity contribution in [1.82, 2.24) is 10.6 Å². The Balaban J connectivity index is 0.000000194. The van der Waals surface area contributed by atoms with Crippen LogP contribution in [0.2, 0.25) is 0 Å². The van der Waals surface area contributed by atoms with Gasteiger partial charge in [0, 0.05) is 29.9 Å². The second kappa shape index (κ2) is 17.7. The van der Waals surface area contributed by atoms with Crippen LogP contribution in [0.5, 0.6) is 0 Å². The van der Waals surface area contributed by atoms with Gasteiger partial charge in [0.05, 0.1) is 36.8 Å². The number of ether oxygens (including phenoxy) is 2. The van der Waals surface area contributed by atoms with Gasteiger partial charge in [-0.25, -0.2) is 9.59 Å². The molecule has 2 aliphatic carbocycles. The van der Waals surface area contributed by atoms with Gasteiger partial charge in [-0.1, -0.05) is 57.0 Å².